The summed E-state index contributed by atoms with van der Waals surface area (Å²) in [6.07, 6.45) is 4.60. The number of benzene rings is 2. The van der Waals surface area contributed by atoms with Gasteiger partial charge in [-0.1, -0.05) is 55.0 Å². The Kier molecular flexibility index (Phi) is 4.01. The summed E-state index contributed by atoms with van der Waals surface area (Å²) in [6.45, 7) is 2.13. The summed E-state index contributed by atoms with van der Waals surface area (Å²) in [7, 11) is 0. The Balaban J connectivity index is 1.57. The molecule has 2 atom stereocenters. The van der Waals surface area contributed by atoms with Gasteiger partial charge in [-0.3, -0.25) is 4.90 Å². The number of nitrogens with zero attached hydrogens (tertiary/aromatic N) is 1. The topological polar surface area (TPSA) is 32.3 Å². The highest BCUT2D eigenvalue weighted by molar-refractivity contribution is 5.95. The van der Waals surface area contributed by atoms with Gasteiger partial charge in [0, 0.05) is 11.7 Å². The molecule has 0 aromatic heterocycles. The summed E-state index contributed by atoms with van der Waals surface area (Å²) in [4.78, 5) is 15.0. The van der Waals surface area contributed by atoms with Crippen LogP contribution in [0.15, 0.2) is 54.6 Å². The molecule has 2 aromatic rings. The number of hydrogen-bond donors (Lipinski definition) is 1. The van der Waals surface area contributed by atoms with Gasteiger partial charge < -0.3 is 5.32 Å². The van der Waals surface area contributed by atoms with Crippen LogP contribution >= 0.6 is 0 Å². The van der Waals surface area contributed by atoms with E-state index in [1.807, 2.05) is 23.1 Å². The van der Waals surface area contributed by atoms with Gasteiger partial charge in [0.1, 0.15) is 0 Å². The lowest BCUT2D eigenvalue weighted by atomic mass is 9.77. The van der Waals surface area contributed by atoms with E-state index in [1.54, 1.807) is 0 Å². The highest BCUT2D eigenvalue weighted by Gasteiger charge is 2.35. The van der Waals surface area contributed by atoms with Crippen LogP contribution in [0.1, 0.15) is 43.4 Å². The molecule has 1 fully saturated rings. The molecule has 3 heteroatoms. The van der Waals surface area contributed by atoms with E-state index in [9.17, 15) is 4.79 Å². The van der Waals surface area contributed by atoms with Crippen molar-refractivity contribution in [3.63, 3.8) is 0 Å². The standard InChI is InChI=1S/C21H24N2O/c1-15-14-18-10-5-6-13-19(18)23(15)21(24)22-20(17-11-7-12-17)16-8-3-2-4-9-16/h2-6,8-10,13,15,17,20H,7,11-12,14H2,1H3,(H,22,24). The zero-order chi connectivity index (χ0) is 16.5. The monoisotopic (exact) mass is 320 g/mol. The molecule has 1 heterocycles. The van der Waals surface area contributed by atoms with E-state index in [0.29, 0.717) is 5.92 Å². The average Bonchev–Trinajstić information content (AvgIpc) is 2.89. The molecule has 0 radical (unpaired) electrons. The molecule has 2 unspecified atom stereocenters. The Bertz CT molecular complexity index is 724. The molecule has 2 aromatic carbocycles. The van der Waals surface area contributed by atoms with Crippen molar-refractivity contribution in [1.82, 2.24) is 5.32 Å². The summed E-state index contributed by atoms with van der Waals surface area (Å²) in [5.41, 5.74) is 3.54. The predicted molar refractivity (Wildman–Crippen MR) is 97.1 cm³/mol. The SMILES string of the molecule is CC1Cc2ccccc2N1C(=O)NC(c1ccccc1)C1CCC1. The molecule has 24 heavy (non-hydrogen) atoms. The second-order valence-electron chi connectivity index (χ2n) is 7.08. The van der Waals surface area contributed by atoms with Crippen molar-refractivity contribution in [1.29, 1.82) is 0 Å². The van der Waals surface area contributed by atoms with Gasteiger partial charge in [0.15, 0.2) is 0 Å². The molecule has 4 rings (SSSR count). The number of nitrogens with one attached hydrogen (secondary N) is 1. The fraction of sp³-hybridized carbons (Fsp3) is 0.381. The first-order chi connectivity index (χ1) is 11.7. The second-order valence-corrected chi connectivity index (χ2v) is 7.08. The predicted octanol–water partition coefficient (Wildman–Crippen LogP) is 4.69. The number of fused-ring (bicyclic) bond motifs is 1. The van der Waals surface area contributed by atoms with Crippen LogP contribution in [0.2, 0.25) is 0 Å². The summed E-state index contributed by atoms with van der Waals surface area (Å²) < 4.78 is 0. The number of para-hydroxylation sites is 1. The fourth-order valence-corrected chi connectivity index (χ4v) is 3.98. The average molecular weight is 320 g/mol. The zero-order valence-electron chi connectivity index (χ0n) is 14.1. The van der Waals surface area contributed by atoms with Crippen LogP contribution in [0.5, 0.6) is 0 Å². The van der Waals surface area contributed by atoms with Crippen LogP contribution < -0.4 is 10.2 Å². The van der Waals surface area contributed by atoms with Gasteiger partial charge in [-0.15, -0.1) is 0 Å². The first-order valence-electron chi connectivity index (χ1n) is 8.96. The minimum absolute atomic E-state index is 0.0354. The second kappa shape index (κ2) is 6.31. The van der Waals surface area contributed by atoms with Gasteiger partial charge in [0.05, 0.1) is 6.04 Å². The lowest BCUT2D eigenvalue weighted by Gasteiger charge is -2.36. The maximum atomic E-state index is 13.1. The van der Waals surface area contributed by atoms with Gasteiger partial charge in [0.2, 0.25) is 0 Å². The van der Waals surface area contributed by atoms with Crippen molar-refractivity contribution in [2.75, 3.05) is 4.90 Å². The van der Waals surface area contributed by atoms with Gasteiger partial charge in [-0.05, 0) is 49.3 Å². The summed E-state index contributed by atoms with van der Waals surface area (Å²) in [5, 5.41) is 3.34. The van der Waals surface area contributed by atoms with Crippen molar-refractivity contribution in [3.05, 3.63) is 65.7 Å². The van der Waals surface area contributed by atoms with Crippen LogP contribution in [-0.4, -0.2) is 12.1 Å². The summed E-state index contributed by atoms with van der Waals surface area (Å²) >= 11 is 0. The normalized spacial score (nSPS) is 21.0. The summed E-state index contributed by atoms with van der Waals surface area (Å²) in [5.74, 6) is 0.560. The molecule has 0 bridgehead atoms. The fourth-order valence-electron chi connectivity index (χ4n) is 3.98. The molecule has 1 aliphatic heterocycles. The van der Waals surface area contributed by atoms with Gasteiger partial charge in [-0.25, -0.2) is 4.79 Å². The third-order valence-corrected chi connectivity index (χ3v) is 5.48. The van der Waals surface area contributed by atoms with Crippen molar-refractivity contribution in [3.8, 4) is 0 Å². The molecule has 1 saturated carbocycles. The van der Waals surface area contributed by atoms with Gasteiger partial charge in [0.25, 0.3) is 0 Å². The Morgan fingerprint density at radius 3 is 2.50 bits per heavy atom. The number of carbonyl (C=O) groups excluding carboxylic acids is 1. The Morgan fingerprint density at radius 2 is 1.79 bits per heavy atom. The molecule has 124 valence electrons. The molecule has 1 N–H and O–H groups in total. The summed E-state index contributed by atoms with van der Waals surface area (Å²) in [6, 6.07) is 19.0. The zero-order valence-corrected chi connectivity index (χ0v) is 14.1. The van der Waals surface area contributed by atoms with Crippen LogP contribution in [0, 0.1) is 5.92 Å². The number of hydrogen-bond acceptors (Lipinski definition) is 1. The van der Waals surface area contributed by atoms with E-state index in [0.717, 1.165) is 12.1 Å². The van der Waals surface area contributed by atoms with Crippen LogP contribution in [0.25, 0.3) is 0 Å². The van der Waals surface area contributed by atoms with Crippen LogP contribution in [0.3, 0.4) is 0 Å². The van der Waals surface area contributed by atoms with E-state index >= 15 is 0 Å². The van der Waals surface area contributed by atoms with Crippen molar-refractivity contribution >= 4 is 11.7 Å². The van der Waals surface area contributed by atoms with E-state index in [2.05, 4.69) is 48.6 Å². The van der Waals surface area contributed by atoms with Crippen LogP contribution in [0.4, 0.5) is 10.5 Å². The molecule has 0 spiro atoms. The lowest BCUT2D eigenvalue weighted by Crippen LogP contribution is -2.46. The third kappa shape index (κ3) is 2.68. The Hall–Kier alpha value is -2.29. The largest absolute Gasteiger partial charge is 0.331 e. The molecule has 1 aliphatic carbocycles. The Morgan fingerprint density at radius 1 is 1.08 bits per heavy atom. The minimum atomic E-state index is 0.0354. The van der Waals surface area contributed by atoms with Crippen molar-refractivity contribution in [2.24, 2.45) is 5.92 Å². The molecule has 2 aliphatic rings. The lowest BCUT2D eigenvalue weighted by molar-refractivity contribution is 0.211. The molecule has 2 amide bonds. The highest BCUT2D eigenvalue weighted by atomic mass is 16.2. The minimum Gasteiger partial charge on any atom is -0.331 e. The number of amides is 2. The molecule has 3 nitrogen and oxygen atoms in total. The maximum absolute atomic E-state index is 13.1. The maximum Gasteiger partial charge on any atom is 0.322 e. The first kappa shape index (κ1) is 15.3. The van der Waals surface area contributed by atoms with Gasteiger partial charge >= 0.3 is 6.03 Å². The molecular formula is C21H24N2O. The van der Waals surface area contributed by atoms with Crippen molar-refractivity contribution in [2.45, 2.75) is 44.7 Å². The van der Waals surface area contributed by atoms with Crippen molar-refractivity contribution < 1.29 is 4.79 Å². The van der Waals surface area contributed by atoms with E-state index in [-0.39, 0.29) is 18.1 Å². The quantitative estimate of drug-likeness (QED) is 0.874. The first-order valence-corrected chi connectivity index (χ1v) is 8.96. The number of urea groups is 1. The number of anilines is 1. The van der Waals surface area contributed by atoms with E-state index in [4.69, 9.17) is 0 Å². The third-order valence-electron chi connectivity index (χ3n) is 5.48. The van der Waals surface area contributed by atoms with E-state index < -0.39 is 0 Å². The van der Waals surface area contributed by atoms with E-state index in [1.165, 1.54) is 30.4 Å². The Labute approximate surface area is 143 Å². The number of rotatable bonds is 3. The highest BCUT2D eigenvalue weighted by Crippen LogP contribution is 2.38. The van der Waals surface area contributed by atoms with Crippen LogP contribution in [-0.2, 0) is 6.42 Å². The molecule has 0 saturated heterocycles. The smallest absolute Gasteiger partial charge is 0.322 e. The van der Waals surface area contributed by atoms with Gasteiger partial charge in [-0.2, -0.15) is 0 Å². The number of carbonyl (C=O) groups is 1. The molecular weight excluding hydrogens is 296 g/mol.